The third-order valence-electron chi connectivity index (χ3n) is 1.09. The van der Waals surface area contributed by atoms with Gasteiger partial charge in [-0.05, 0) is 6.92 Å². The lowest BCUT2D eigenvalue weighted by atomic mass is 10.2. The standard InChI is InChI=1S/C6H10F2O3/c1-2-11-6(10)4(3-9)5(7)8/h4-5,9H,2-3H2,1H3. The molecule has 0 saturated carbocycles. The molecule has 1 N–H and O–H groups in total. The Morgan fingerprint density at radius 3 is 2.45 bits per heavy atom. The highest BCUT2D eigenvalue weighted by molar-refractivity contribution is 5.72. The monoisotopic (exact) mass is 168 g/mol. The number of aliphatic hydroxyl groups excluding tert-OH is 1. The van der Waals surface area contributed by atoms with Gasteiger partial charge in [-0.1, -0.05) is 0 Å². The third kappa shape index (κ3) is 3.27. The molecule has 0 aromatic rings. The highest BCUT2D eigenvalue weighted by atomic mass is 19.3. The van der Waals surface area contributed by atoms with Crippen LogP contribution in [0.2, 0.25) is 0 Å². The summed E-state index contributed by atoms with van der Waals surface area (Å²) in [4.78, 5) is 10.6. The Morgan fingerprint density at radius 2 is 2.18 bits per heavy atom. The van der Waals surface area contributed by atoms with Crippen molar-refractivity contribution >= 4 is 5.97 Å². The van der Waals surface area contributed by atoms with Crippen molar-refractivity contribution in [2.75, 3.05) is 13.2 Å². The van der Waals surface area contributed by atoms with Gasteiger partial charge in [0.05, 0.1) is 13.2 Å². The van der Waals surface area contributed by atoms with Gasteiger partial charge in [-0.2, -0.15) is 0 Å². The minimum absolute atomic E-state index is 0.0437. The average molecular weight is 168 g/mol. The Morgan fingerprint density at radius 1 is 1.64 bits per heavy atom. The number of carbonyl (C=O) groups is 1. The number of ether oxygens (including phenoxy) is 1. The van der Waals surface area contributed by atoms with Crippen LogP contribution in [0.4, 0.5) is 8.78 Å². The maximum atomic E-state index is 11.8. The predicted molar refractivity (Wildman–Crippen MR) is 33.2 cm³/mol. The lowest BCUT2D eigenvalue weighted by Crippen LogP contribution is -2.27. The molecule has 0 amide bonds. The number of esters is 1. The van der Waals surface area contributed by atoms with Gasteiger partial charge in [-0.25, -0.2) is 8.78 Å². The summed E-state index contributed by atoms with van der Waals surface area (Å²) in [6, 6.07) is 0. The SMILES string of the molecule is CCOC(=O)C(CO)C(F)F. The summed E-state index contributed by atoms with van der Waals surface area (Å²) < 4.78 is 27.9. The summed E-state index contributed by atoms with van der Waals surface area (Å²) in [5, 5.41) is 8.31. The summed E-state index contributed by atoms with van der Waals surface area (Å²) in [7, 11) is 0. The maximum Gasteiger partial charge on any atom is 0.317 e. The minimum atomic E-state index is -2.86. The van der Waals surface area contributed by atoms with Gasteiger partial charge in [0.2, 0.25) is 0 Å². The van der Waals surface area contributed by atoms with Gasteiger partial charge < -0.3 is 9.84 Å². The van der Waals surface area contributed by atoms with Gasteiger partial charge in [0.15, 0.2) is 0 Å². The van der Waals surface area contributed by atoms with Gasteiger partial charge in [0.1, 0.15) is 5.92 Å². The smallest absolute Gasteiger partial charge is 0.317 e. The van der Waals surface area contributed by atoms with Gasteiger partial charge in [0.25, 0.3) is 6.43 Å². The van der Waals surface area contributed by atoms with Gasteiger partial charge in [-0.15, -0.1) is 0 Å². The lowest BCUT2D eigenvalue weighted by Gasteiger charge is -2.10. The van der Waals surface area contributed by atoms with E-state index < -0.39 is 24.9 Å². The van der Waals surface area contributed by atoms with E-state index in [1.807, 2.05) is 0 Å². The largest absolute Gasteiger partial charge is 0.466 e. The Labute approximate surface area is 63.0 Å². The number of rotatable bonds is 4. The number of hydrogen-bond acceptors (Lipinski definition) is 3. The van der Waals surface area contributed by atoms with Crippen LogP contribution in [0.5, 0.6) is 0 Å². The number of carbonyl (C=O) groups excluding carboxylic acids is 1. The van der Waals surface area contributed by atoms with E-state index in [1.165, 1.54) is 6.92 Å². The van der Waals surface area contributed by atoms with Crippen molar-refractivity contribution in [1.82, 2.24) is 0 Å². The zero-order valence-corrected chi connectivity index (χ0v) is 6.09. The normalized spacial score (nSPS) is 13.2. The maximum absolute atomic E-state index is 11.8. The van der Waals surface area contributed by atoms with Crippen molar-refractivity contribution in [2.45, 2.75) is 13.3 Å². The van der Waals surface area contributed by atoms with Crippen molar-refractivity contribution in [3.63, 3.8) is 0 Å². The molecule has 1 atom stereocenters. The van der Waals surface area contributed by atoms with Crippen LogP contribution >= 0.6 is 0 Å². The summed E-state index contributed by atoms with van der Waals surface area (Å²) in [6.07, 6.45) is -2.86. The fraction of sp³-hybridized carbons (Fsp3) is 0.833. The Balaban J connectivity index is 3.92. The Kier molecular flexibility index (Phi) is 4.69. The van der Waals surface area contributed by atoms with E-state index in [9.17, 15) is 13.6 Å². The van der Waals surface area contributed by atoms with Crippen LogP contribution in [-0.4, -0.2) is 30.7 Å². The first kappa shape index (κ1) is 10.3. The molecule has 3 nitrogen and oxygen atoms in total. The molecular formula is C6H10F2O3. The van der Waals surface area contributed by atoms with Crippen LogP contribution in [0.3, 0.4) is 0 Å². The highest BCUT2D eigenvalue weighted by Crippen LogP contribution is 2.10. The molecule has 0 heterocycles. The summed E-state index contributed by atoms with van der Waals surface area (Å²) in [6.45, 7) is 0.677. The molecule has 0 saturated heterocycles. The molecule has 0 aliphatic rings. The summed E-state index contributed by atoms with van der Waals surface area (Å²) >= 11 is 0. The Bertz CT molecular complexity index is 127. The van der Waals surface area contributed by atoms with E-state index in [2.05, 4.69) is 4.74 Å². The quantitative estimate of drug-likeness (QED) is 0.619. The van der Waals surface area contributed by atoms with Crippen LogP contribution in [0.1, 0.15) is 6.92 Å². The molecule has 0 rings (SSSR count). The average Bonchev–Trinajstić information content (AvgIpc) is 1.88. The molecule has 0 spiro atoms. The topological polar surface area (TPSA) is 46.5 Å². The molecule has 0 radical (unpaired) electrons. The molecule has 0 aromatic carbocycles. The van der Waals surface area contributed by atoms with Crippen molar-refractivity contribution in [3.8, 4) is 0 Å². The van der Waals surface area contributed by atoms with Crippen molar-refractivity contribution in [2.24, 2.45) is 5.92 Å². The fourth-order valence-electron chi connectivity index (χ4n) is 0.506. The van der Waals surface area contributed by atoms with Crippen LogP contribution in [0.15, 0.2) is 0 Å². The van der Waals surface area contributed by atoms with Crippen LogP contribution in [0, 0.1) is 5.92 Å². The molecule has 0 aromatic heterocycles. The number of alkyl halides is 2. The molecule has 0 aliphatic carbocycles. The van der Waals surface area contributed by atoms with Gasteiger partial charge >= 0.3 is 5.97 Å². The summed E-state index contributed by atoms with van der Waals surface area (Å²) in [5.41, 5.74) is 0. The van der Waals surface area contributed by atoms with E-state index in [0.717, 1.165) is 0 Å². The molecular weight excluding hydrogens is 158 g/mol. The van der Waals surface area contributed by atoms with Crippen LogP contribution in [0.25, 0.3) is 0 Å². The molecule has 11 heavy (non-hydrogen) atoms. The van der Waals surface area contributed by atoms with Gasteiger partial charge in [0, 0.05) is 0 Å². The van der Waals surface area contributed by atoms with Gasteiger partial charge in [-0.3, -0.25) is 4.79 Å². The van der Waals surface area contributed by atoms with Crippen molar-refractivity contribution < 1.29 is 23.4 Å². The number of aliphatic hydroxyl groups is 1. The van der Waals surface area contributed by atoms with Crippen LogP contribution in [-0.2, 0) is 9.53 Å². The Hall–Kier alpha value is -0.710. The fourth-order valence-corrected chi connectivity index (χ4v) is 0.506. The van der Waals surface area contributed by atoms with Crippen LogP contribution < -0.4 is 0 Å². The molecule has 1 unspecified atom stereocenters. The number of hydrogen-bond donors (Lipinski definition) is 1. The molecule has 0 bridgehead atoms. The second kappa shape index (κ2) is 5.01. The first-order valence-electron chi connectivity index (χ1n) is 3.19. The van der Waals surface area contributed by atoms with E-state index in [4.69, 9.17) is 5.11 Å². The van der Waals surface area contributed by atoms with Crippen molar-refractivity contribution in [1.29, 1.82) is 0 Å². The van der Waals surface area contributed by atoms with E-state index in [-0.39, 0.29) is 6.61 Å². The number of halogens is 2. The van der Waals surface area contributed by atoms with E-state index >= 15 is 0 Å². The zero-order chi connectivity index (χ0) is 8.85. The second-order valence-corrected chi connectivity index (χ2v) is 1.88. The first-order chi connectivity index (χ1) is 5.13. The molecule has 0 aliphatic heterocycles. The van der Waals surface area contributed by atoms with E-state index in [0.29, 0.717) is 0 Å². The highest BCUT2D eigenvalue weighted by Gasteiger charge is 2.28. The van der Waals surface area contributed by atoms with Crippen molar-refractivity contribution in [3.05, 3.63) is 0 Å². The summed E-state index contributed by atoms with van der Waals surface area (Å²) in [5.74, 6) is -2.75. The predicted octanol–water partition coefficient (Wildman–Crippen LogP) is 0.423. The lowest BCUT2D eigenvalue weighted by molar-refractivity contribution is -0.155. The molecule has 0 fully saturated rings. The van der Waals surface area contributed by atoms with E-state index in [1.54, 1.807) is 0 Å². The first-order valence-corrected chi connectivity index (χ1v) is 3.19. The third-order valence-corrected chi connectivity index (χ3v) is 1.09. The second-order valence-electron chi connectivity index (χ2n) is 1.88. The zero-order valence-electron chi connectivity index (χ0n) is 6.09. The molecule has 66 valence electrons. The minimum Gasteiger partial charge on any atom is -0.466 e. The molecule has 5 heteroatoms.